The maximum absolute atomic E-state index is 12.0. The van der Waals surface area contributed by atoms with Crippen molar-refractivity contribution in [1.82, 2.24) is 0 Å². The van der Waals surface area contributed by atoms with Crippen LogP contribution in [0.15, 0.2) is 48.5 Å². The molecule has 4 nitrogen and oxygen atoms in total. The van der Waals surface area contributed by atoms with E-state index in [-0.39, 0.29) is 0 Å². The summed E-state index contributed by atoms with van der Waals surface area (Å²) >= 11 is 0. The van der Waals surface area contributed by atoms with E-state index in [1.807, 2.05) is 49.4 Å². The number of aryl methyl sites for hydroxylation is 1. The zero-order chi connectivity index (χ0) is 14.8. The molecule has 0 unspecified atom stereocenters. The molecule has 0 aliphatic carbocycles. The zero-order valence-corrected chi connectivity index (χ0v) is 11.9. The number of rotatable bonds is 2. The molecular weight excluding hydrogens is 268 g/mol. The summed E-state index contributed by atoms with van der Waals surface area (Å²) < 4.78 is 16.6. The Hall–Kier alpha value is -2.49. The molecule has 0 N–H and O–H groups in total. The summed E-state index contributed by atoms with van der Waals surface area (Å²) in [4.78, 5) is 12.0. The molecule has 1 heterocycles. The van der Waals surface area contributed by atoms with Crippen LogP contribution in [0, 0.1) is 6.92 Å². The van der Waals surface area contributed by atoms with Crippen LogP contribution in [-0.2, 0) is 9.53 Å². The minimum atomic E-state index is -0.812. The van der Waals surface area contributed by atoms with Crippen molar-refractivity contribution in [3.05, 3.63) is 59.7 Å². The van der Waals surface area contributed by atoms with Crippen LogP contribution < -0.4 is 9.47 Å². The van der Waals surface area contributed by atoms with Crippen LogP contribution in [0.2, 0.25) is 0 Å². The molecule has 1 aliphatic heterocycles. The highest BCUT2D eigenvalue weighted by Crippen LogP contribution is 2.39. The molecule has 1 aliphatic rings. The van der Waals surface area contributed by atoms with E-state index < -0.39 is 18.2 Å². The quantitative estimate of drug-likeness (QED) is 0.795. The van der Waals surface area contributed by atoms with Gasteiger partial charge in [0.25, 0.3) is 0 Å². The number of carbonyl (C=O) groups excluding carboxylic acids is 1. The second-order valence-corrected chi connectivity index (χ2v) is 4.96. The van der Waals surface area contributed by atoms with Crippen molar-refractivity contribution < 1.29 is 19.0 Å². The number of fused-ring (bicyclic) bond motifs is 1. The Balaban J connectivity index is 1.99. The minimum Gasteiger partial charge on any atom is -0.477 e. The molecule has 21 heavy (non-hydrogen) atoms. The molecule has 0 saturated carbocycles. The smallest absolute Gasteiger partial charge is 0.351 e. The van der Waals surface area contributed by atoms with Crippen molar-refractivity contribution >= 4 is 5.97 Å². The van der Waals surface area contributed by atoms with Crippen LogP contribution in [0.25, 0.3) is 0 Å². The minimum absolute atomic E-state index is 0.449. The first kappa shape index (κ1) is 13.5. The molecule has 2 aromatic rings. The molecule has 108 valence electrons. The van der Waals surface area contributed by atoms with Gasteiger partial charge in [-0.3, -0.25) is 0 Å². The number of ether oxygens (including phenoxy) is 3. The molecule has 4 heteroatoms. The lowest BCUT2D eigenvalue weighted by atomic mass is 10.0. The number of methoxy groups -OCH3 is 1. The average Bonchev–Trinajstić information content (AvgIpc) is 2.53. The number of carbonyl (C=O) groups is 1. The molecule has 0 aromatic heterocycles. The highest BCUT2D eigenvalue weighted by Gasteiger charge is 2.38. The Bertz CT molecular complexity index is 648. The first-order valence-corrected chi connectivity index (χ1v) is 6.76. The zero-order valence-electron chi connectivity index (χ0n) is 11.9. The van der Waals surface area contributed by atoms with Crippen molar-refractivity contribution in [2.75, 3.05) is 7.11 Å². The van der Waals surface area contributed by atoms with Gasteiger partial charge in [0, 0.05) is 0 Å². The third kappa shape index (κ3) is 2.57. The summed E-state index contributed by atoms with van der Waals surface area (Å²) in [5, 5.41) is 0. The molecule has 3 rings (SSSR count). The Morgan fingerprint density at radius 1 is 1.00 bits per heavy atom. The van der Waals surface area contributed by atoms with E-state index in [0.29, 0.717) is 11.5 Å². The van der Waals surface area contributed by atoms with Gasteiger partial charge in [0.1, 0.15) is 0 Å². The Labute approximate surface area is 123 Å². The van der Waals surface area contributed by atoms with E-state index in [2.05, 4.69) is 0 Å². The van der Waals surface area contributed by atoms with Crippen LogP contribution in [0.3, 0.4) is 0 Å². The van der Waals surface area contributed by atoms with E-state index in [4.69, 9.17) is 14.2 Å². The first-order chi connectivity index (χ1) is 10.2. The van der Waals surface area contributed by atoms with E-state index in [0.717, 1.165) is 11.1 Å². The highest BCUT2D eigenvalue weighted by molar-refractivity contribution is 5.77. The summed E-state index contributed by atoms with van der Waals surface area (Å²) in [5.74, 6) is 0.731. The van der Waals surface area contributed by atoms with Gasteiger partial charge in [-0.15, -0.1) is 0 Å². The number of esters is 1. The van der Waals surface area contributed by atoms with Crippen LogP contribution in [-0.4, -0.2) is 19.2 Å². The lowest BCUT2D eigenvalue weighted by molar-refractivity contribution is -0.155. The fourth-order valence-corrected chi connectivity index (χ4v) is 2.33. The monoisotopic (exact) mass is 284 g/mol. The lowest BCUT2D eigenvalue weighted by Gasteiger charge is -2.32. The molecule has 0 radical (unpaired) electrons. The highest BCUT2D eigenvalue weighted by atomic mass is 16.6. The maximum atomic E-state index is 12.0. The standard InChI is InChI=1S/C17H16O4/c1-11-7-9-12(10-8-11)15-16(17(18)19-2)21-14-6-4-3-5-13(14)20-15/h3-10,15-16H,1-2H3/t15-,16+/m1/s1. The Morgan fingerprint density at radius 3 is 2.24 bits per heavy atom. The summed E-state index contributed by atoms with van der Waals surface area (Å²) in [6.07, 6.45) is -1.33. The van der Waals surface area contributed by atoms with Gasteiger partial charge in [0.15, 0.2) is 17.6 Å². The summed E-state index contributed by atoms with van der Waals surface area (Å²) in [5.41, 5.74) is 2.02. The summed E-state index contributed by atoms with van der Waals surface area (Å²) in [7, 11) is 1.35. The van der Waals surface area contributed by atoms with Crippen molar-refractivity contribution in [2.45, 2.75) is 19.1 Å². The molecular formula is C17H16O4. The molecule has 0 bridgehead atoms. The number of hydrogen-bond donors (Lipinski definition) is 0. The lowest BCUT2D eigenvalue weighted by Crippen LogP contribution is -2.40. The fraction of sp³-hybridized carbons (Fsp3) is 0.235. The Kier molecular flexibility index (Phi) is 3.52. The Morgan fingerprint density at radius 2 is 1.62 bits per heavy atom. The van der Waals surface area contributed by atoms with Crippen molar-refractivity contribution in [1.29, 1.82) is 0 Å². The van der Waals surface area contributed by atoms with Crippen LogP contribution >= 0.6 is 0 Å². The fourth-order valence-electron chi connectivity index (χ4n) is 2.33. The number of para-hydroxylation sites is 2. The van der Waals surface area contributed by atoms with Crippen LogP contribution in [0.5, 0.6) is 11.5 Å². The van der Waals surface area contributed by atoms with E-state index in [9.17, 15) is 4.79 Å². The van der Waals surface area contributed by atoms with Gasteiger partial charge in [-0.25, -0.2) is 4.79 Å². The summed E-state index contributed by atoms with van der Waals surface area (Å²) in [6, 6.07) is 15.1. The number of benzene rings is 2. The van der Waals surface area contributed by atoms with E-state index in [1.165, 1.54) is 7.11 Å². The largest absolute Gasteiger partial charge is 0.477 e. The third-order valence-corrected chi connectivity index (χ3v) is 3.47. The van der Waals surface area contributed by atoms with Crippen molar-refractivity contribution in [3.8, 4) is 11.5 Å². The predicted molar refractivity (Wildman–Crippen MR) is 77.4 cm³/mol. The van der Waals surface area contributed by atoms with Crippen molar-refractivity contribution in [3.63, 3.8) is 0 Å². The van der Waals surface area contributed by atoms with Gasteiger partial charge >= 0.3 is 5.97 Å². The van der Waals surface area contributed by atoms with Gasteiger partial charge in [-0.1, -0.05) is 42.0 Å². The van der Waals surface area contributed by atoms with Crippen molar-refractivity contribution in [2.24, 2.45) is 0 Å². The molecule has 2 atom stereocenters. The second-order valence-electron chi connectivity index (χ2n) is 4.96. The molecule has 0 spiro atoms. The normalized spacial score (nSPS) is 19.9. The SMILES string of the molecule is COC(=O)[C@H]1Oc2ccccc2O[C@@H]1c1ccc(C)cc1. The van der Waals surface area contributed by atoms with Gasteiger partial charge in [-0.05, 0) is 24.6 Å². The van der Waals surface area contributed by atoms with Crippen LogP contribution in [0.1, 0.15) is 17.2 Å². The third-order valence-electron chi connectivity index (χ3n) is 3.47. The summed E-state index contributed by atoms with van der Waals surface area (Å²) in [6.45, 7) is 2.01. The first-order valence-electron chi connectivity index (χ1n) is 6.76. The van der Waals surface area contributed by atoms with Gasteiger partial charge in [0.2, 0.25) is 6.10 Å². The van der Waals surface area contributed by atoms with Gasteiger partial charge in [0.05, 0.1) is 7.11 Å². The molecule has 0 saturated heterocycles. The van der Waals surface area contributed by atoms with E-state index in [1.54, 1.807) is 6.07 Å². The van der Waals surface area contributed by atoms with E-state index >= 15 is 0 Å². The molecule has 0 amide bonds. The van der Waals surface area contributed by atoms with Gasteiger partial charge < -0.3 is 14.2 Å². The second kappa shape index (κ2) is 5.48. The maximum Gasteiger partial charge on any atom is 0.351 e. The average molecular weight is 284 g/mol. The van der Waals surface area contributed by atoms with Gasteiger partial charge in [-0.2, -0.15) is 0 Å². The predicted octanol–water partition coefficient (Wildman–Crippen LogP) is 3.05. The molecule has 0 fully saturated rings. The molecule has 2 aromatic carbocycles. The topological polar surface area (TPSA) is 44.8 Å². The number of hydrogen-bond acceptors (Lipinski definition) is 4. The van der Waals surface area contributed by atoms with Crippen LogP contribution in [0.4, 0.5) is 0 Å².